The number of rotatable bonds is 4. The summed E-state index contributed by atoms with van der Waals surface area (Å²) < 4.78 is 18.1. The van der Waals surface area contributed by atoms with Crippen LogP contribution in [0.2, 0.25) is 0 Å². The molecule has 1 rings (SSSR count). The largest absolute Gasteiger partial charge is 0.497 e. The SMILES string of the molecule is COc1ccc(F)c(CC(=O)CCl)c1. The van der Waals surface area contributed by atoms with Crippen molar-refractivity contribution in [2.75, 3.05) is 13.0 Å². The molecule has 0 unspecified atom stereocenters. The van der Waals surface area contributed by atoms with Crippen LogP contribution in [0.5, 0.6) is 5.75 Å². The fourth-order valence-corrected chi connectivity index (χ4v) is 1.17. The van der Waals surface area contributed by atoms with E-state index >= 15 is 0 Å². The third-order valence-corrected chi connectivity index (χ3v) is 2.09. The van der Waals surface area contributed by atoms with Crippen LogP contribution in [0, 0.1) is 5.82 Å². The van der Waals surface area contributed by atoms with Gasteiger partial charge in [-0.15, -0.1) is 11.6 Å². The lowest BCUT2D eigenvalue weighted by Gasteiger charge is -2.04. The minimum absolute atomic E-state index is 0.00648. The molecule has 2 nitrogen and oxygen atoms in total. The molecule has 0 radical (unpaired) electrons. The average Bonchev–Trinajstić information content (AvgIpc) is 2.21. The van der Waals surface area contributed by atoms with Crippen LogP contribution >= 0.6 is 11.6 Å². The highest BCUT2D eigenvalue weighted by Gasteiger charge is 2.08. The van der Waals surface area contributed by atoms with Crippen LogP contribution < -0.4 is 4.74 Å². The topological polar surface area (TPSA) is 26.3 Å². The number of carbonyl (C=O) groups excluding carboxylic acids is 1. The molecule has 0 aliphatic carbocycles. The summed E-state index contributed by atoms with van der Waals surface area (Å²) in [6.07, 6.45) is 0.00648. The summed E-state index contributed by atoms with van der Waals surface area (Å²) >= 11 is 5.32. The van der Waals surface area contributed by atoms with E-state index in [0.29, 0.717) is 11.3 Å². The summed E-state index contributed by atoms with van der Waals surface area (Å²) in [5.41, 5.74) is 0.315. The molecule has 0 aromatic heterocycles. The highest BCUT2D eigenvalue weighted by atomic mass is 35.5. The van der Waals surface area contributed by atoms with Gasteiger partial charge in [0.15, 0.2) is 5.78 Å². The van der Waals surface area contributed by atoms with E-state index in [1.54, 1.807) is 0 Å². The minimum Gasteiger partial charge on any atom is -0.497 e. The monoisotopic (exact) mass is 216 g/mol. The van der Waals surface area contributed by atoms with Gasteiger partial charge in [-0.1, -0.05) is 0 Å². The standard InChI is InChI=1S/C10H10ClFO2/c1-14-9-2-3-10(12)7(5-9)4-8(13)6-11/h2-3,5H,4,6H2,1H3. The van der Waals surface area contributed by atoms with Crippen LogP contribution in [0.3, 0.4) is 0 Å². The lowest BCUT2D eigenvalue weighted by atomic mass is 10.1. The smallest absolute Gasteiger partial charge is 0.152 e. The molecular weight excluding hydrogens is 207 g/mol. The van der Waals surface area contributed by atoms with Crippen molar-refractivity contribution in [3.63, 3.8) is 0 Å². The van der Waals surface area contributed by atoms with Crippen LogP contribution in [-0.2, 0) is 11.2 Å². The molecule has 1 aromatic carbocycles. The summed E-state index contributed by atoms with van der Waals surface area (Å²) in [4.78, 5) is 11.0. The summed E-state index contributed by atoms with van der Waals surface area (Å²) in [5, 5.41) is 0. The van der Waals surface area contributed by atoms with E-state index in [-0.39, 0.29) is 18.1 Å². The maximum atomic E-state index is 13.2. The number of hydrogen-bond acceptors (Lipinski definition) is 2. The molecule has 0 fully saturated rings. The lowest BCUT2D eigenvalue weighted by Crippen LogP contribution is -2.05. The van der Waals surface area contributed by atoms with Crippen molar-refractivity contribution in [1.82, 2.24) is 0 Å². The second-order valence-corrected chi connectivity index (χ2v) is 3.07. The van der Waals surface area contributed by atoms with Crippen molar-refractivity contribution in [1.29, 1.82) is 0 Å². The van der Waals surface area contributed by atoms with Crippen LogP contribution in [0.25, 0.3) is 0 Å². The Hall–Kier alpha value is -1.09. The van der Waals surface area contributed by atoms with E-state index in [0.717, 1.165) is 0 Å². The Balaban J connectivity index is 2.89. The molecule has 0 saturated heterocycles. The molecule has 0 amide bonds. The van der Waals surface area contributed by atoms with Gasteiger partial charge in [0.25, 0.3) is 0 Å². The maximum Gasteiger partial charge on any atom is 0.152 e. The van der Waals surface area contributed by atoms with Crippen molar-refractivity contribution in [3.05, 3.63) is 29.6 Å². The second kappa shape index (κ2) is 4.96. The fraction of sp³-hybridized carbons (Fsp3) is 0.300. The molecular formula is C10H10ClFO2. The molecule has 0 heterocycles. The van der Waals surface area contributed by atoms with Crippen LogP contribution in [0.4, 0.5) is 4.39 Å². The van der Waals surface area contributed by atoms with E-state index in [1.165, 1.54) is 25.3 Å². The van der Waals surface area contributed by atoms with Crippen LogP contribution in [0.15, 0.2) is 18.2 Å². The first-order valence-corrected chi connectivity index (χ1v) is 4.61. The third kappa shape index (κ3) is 2.70. The molecule has 14 heavy (non-hydrogen) atoms. The number of benzene rings is 1. The lowest BCUT2D eigenvalue weighted by molar-refractivity contribution is -0.116. The summed E-state index contributed by atoms with van der Waals surface area (Å²) in [6.45, 7) is 0. The van der Waals surface area contributed by atoms with Gasteiger partial charge in [-0.05, 0) is 23.8 Å². The predicted octanol–water partition coefficient (Wildman–Crippen LogP) is 2.18. The van der Waals surface area contributed by atoms with Gasteiger partial charge in [0.1, 0.15) is 11.6 Å². The third-order valence-electron chi connectivity index (χ3n) is 1.79. The first-order valence-electron chi connectivity index (χ1n) is 4.07. The van der Waals surface area contributed by atoms with E-state index in [2.05, 4.69) is 0 Å². The van der Waals surface area contributed by atoms with E-state index in [9.17, 15) is 9.18 Å². The van der Waals surface area contributed by atoms with Crippen molar-refractivity contribution in [2.45, 2.75) is 6.42 Å². The Bertz CT molecular complexity index is 339. The summed E-state index contributed by atoms with van der Waals surface area (Å²) in [5.74, 6) is -0.191. The zero-order chi connectivity index (χ0) is 10.6. The highest BCUT2D eigenvalue weighted by molar-refractivity contribution is 6.27. The van der Waals surface area contributed by atoms with Crippen molar-refractivity contribution >= 4 is 17.4 Å². The second-order valence-electron chi connectivity index (χ2n) is 2.81. The Labute approximate surface area is 86.6 Å². The number of hydrogen-bond donors (Lipinski definition) is 0. The molecule has 1 aromatic rings. The number of Topliss-reactive ketones (excluding diaryl/α,β-unsaturated/α-hetero) is 1. The molecule has 0 spiro atoms. The first kappa shape index (κ1) is 11.0. The summed E-state index contributed by atoms with van der Waals surface area (Å²) in [6, 6.07) is 4.28. The highest BCUT2D eigenvalue weighted by Crippen LogP contribution is 2.17. The van der Waals surface area contributed by atoms with Gasteiger partial charge >= 0.3 is 0 Å². The first-order chi connectivity index (χ1) is 6.67. The van der Waals surface area contributed by atoms with E-state index < -0.39 is 5.82 Å². The number of ether oxygens (including phenoxy) is 1. The van der Waals surface area contributed by atoms with Gasteiger partial charge in [0, 0.05) is 6.42 Å². The number of ketones is 1. The molecule has 0 atom stereocenters. The number of halogens is 2. The maximum absolute atomic E-state index is 13.2. The number of carbonyl (C=O) groups is 1. The molecule has 4 heteroatoms. The van der Waals surface area contributed by atoms with E-state index in [1.807, 2.05) is 0 Å². The zero-order valence-corrected chi connectivity index (χ0v) is 8.47. The molecule has 0 saturated carbocycles. The normalized spacial score (nSPS) is 9.93. The van der Waals surface area contributed by atoms with Gasteiger partial charge in [0.05, 0.1) is 13.0 Å². The quantitative estimate of drug-likeness (QED) is 0.722. The van der Waals surface area contributed by atoms with Crippen molar-refractivity contribution in [3.8, 4) is 5.75 Å². The van der Waals surface area contributed by atoms with Crippen molar-refractivity contribution in [2.24, 2.45) is 0 Å². The predicted molar refractivity (Wildman–Crippen MR) is 52.4 cm³/mol. The van der Waals surface area contributed by atoms with Crippen molar-refractivity contribution < 1.29 is 13.9 Å². The molecule has 0 bridgehead atoms. The number of methoxy groups -OCH3 is 1. The fourth-order valence-electron chi connectivity index (χ4n) is 1.07. The molecule has 0 N–H and O–H groups in total. The minimum atomic E-state index is -0.413. The summed E-state index contributed by atoms with van der Waals surface area (Å²) in [7, 11) is 1.49. The molecule has 0 aliphatic rings. The van der Waals surface area contributed by atoms with Gasteiger partial charge in [-0.2, -0.15) is 0 Å². The van der Waals surface area contributed by atoms with Gasteiger partial charge in [-0.25, -0.2) is 4.39 Å². The van der Waals surface area contributed by atoms with Crippen LogP contribution in [0.1, 0.15) is 5.56 Å². The Kier molecular flexibility index (Phi) is 3.89. The Morgan fingerprint density at radius 1 is 1.57 bits per heavy atom. The van der Waals surface area contributed by atoms with Gasteiger partial charge < -0.3 is 4.74 Å². The molecule has 76 valence electrons. The Morgan fingerprint density at radius 3 is 2.86 bits per heavy atom. The van der Waals surface area contributed by atoms with Gasteiger partial charge in [-0.3, -0.25) is 4.79 Å². The van der Waals surface area contributed by atoms with E-state index in [4.69, 9.17) is 16.3 Å². The Morgan fingerprint density at radius 2 is 2.29 bits per heavy atom. The molecule has 0 aliphatic heterocycles. The number of alkyl halides is 1. The zero-order valence-electron chi connectivity index (χ0n) is 7.72. The average molecular weight is 217 g/mol. The van der Waals surface area contributed by atoms with Gasteiger partial charge in [0.2, 0.25) is 0 Å². The van der Waals surface area contributed by atoms with Crippen LogP contribution in [-0.4, -0.2) is 18.8 Å².